The van der Waals surface area contributed by atoms with Crippen molar-refractivity contribution in [2.45, 2.75) is 33.3 Å². The topological polar surface area (TPSA) is 87.1 Å². The van der Waals surface area contributed by atoms with Gasteiger partial charge in [-0.25, -0.2) is 9.59 Å². The lowest BCUT2D eigenvalue weighted by Gasteiger charge is -1.89. The van der Waals surface area contributed by atoms with E-state index in [1.807, 2.05) is 0 Å². The molecule has 0 aromatic heterocycles. The van der Waals surface area contributed by atoms with E-state index in [2.05, 4.69) is 13.2 Å². The van der Waals surface area contributed by atoms with Gasteiger partial charge in [-0.1, -0.05) is 12.2 Å². The summed E-state index contributed by atoms with van der Waals surface area (Å²) in [7, 11) is 0. The Morgan fingerprint density at radius 2 is 1.63 bits per heavy atom. The minimum absolute atomic E-state index is 0.286. The van der Waals surface area contributed by atoms with Crippen molar-refractivity contribution in [1.82, 2.24) is 0 Å². The van der Waals surface area contributed by atoms with Crippen LogP contribution < -0.4 is 0 Å². The number of aliphatic carboxylic acids is 2. The maximum atomic E-state index is 10.2. The zero-order valence-electron chi connectivity index (χ0n) is 11.7. The first-order chi connectivity index (χ1) is 8.88. The third-order valence-electron chi connectivity index (χ3n) is 2.20. The summed E-state index contributed by atoms with van der Waals surface area (Å²) in [5.41, 5.74) is 0.788. The molecule has 1 fully saturated rings. The standard InChI is InChI=1S/C7H10O3.C5H8O2.C2H4/c1-5(7(8)9)2-3-6-4-10-6;1-3-4(2)5(6)7;1-2/h2,6H,3-4H2,1H3,(H,8,9);3H,1-2H3,(H,6,7);1-2H2. The number of hydrogen-bond donors (Lipinski definition) is 2. The van der Waals surface area contributed by atoms with Crippen LogP contribution in [-0.2, 0) is 14.3 Å². The average molecular weight is 270 g/mol. The Hall–Kier alpha value is -1.88. The summed E-state index contributed by atoms with van der Waals surface area (Å²) in [5, 5.41) is 16.5. The second-order valence-corrected chi connectivity index (χ2v) is 3.66. The van der Waals surface area contributed by atoms with E-state index in [1.54, 1.807) is 32.9 Å². The molecule has 5 nitrogen and oxygen atoms in total. The molecule has 0 saturated carbocycles. The molecular formula is C14H22O5. The zero-order valence-corrected chi connectivity index (χ0v) is 11.7. The molecule has 1 atom stereocenters. The van der Waals surface area contributed by atoms with Crippen LogP contribution in [0.3, 0.4) is 0 Å². The van der Waals surface area contributed by atoms with Crippen LogP contribution in [0.15, 0.2) is 36.5 Å². The highest BCUT2D eigenvalue weighted by Gasteiger charge is 2.20. The third-order valence-corrected chi connectivity index (χ3v) is 2.20. The first kappa shape index (κ1) is 19.5. The molecule has 0 aromatic carbocycles. The number of epoxide rings is 1. The first-order valence-corrected chi connectivity index (χ1v) is 5.76. The van der Waals surface area contributed by atoms with Gasteiger partial charge in [-0.15, -0.1) is 13.2 Å². The summed E-state index contributed by atoms with van der Waals surface area (Å²) in [6.07, 6.45) is 4.27. The molecule has 0 amide bonds. The van der Waals surface area contributed by atoms with Gasteiger partial charge in [0.05, 0.1) is 12.7 Å². The van der Waals surface area contributed by atoms with E-state index in [0.29, 0.717) is 11.1 Å². The highest BCUT2D eigenvalue weighted by atomic mass is 16.6. The Labute approximate surface area is 113 Å². The molecule has 0 bridgehead atoms. The van der Waals surface area contributed by atoms with Crippen molar-refractivity contribution < 1.29 is 24.5 Å². The molecule has 1 unspecified atom stereocenters. The molecule has 108 valence electrons. The van der Waals surface area contributed by atoms with Crippen molar-refractivity contribution in [2.24, 2.45) is 0 Å². The molecule has 19 heavy (non-hydrogen) atoms. The molecular weight excluding hydrogens is 248 g/mol. The number of rotatable bonds is 4. The van der Waals surface area contributed by atoms with Gasteiger partial charge >= 0.3 is 11.9 Å². The Bertz CT molecular complexity index is 351. The van der Waals surface area contributed by atoms with Crippen molar-refractivity contribution in [3.8, 4) is 0 Å². The molecule has 1 heterocycles. The quantitative estimate of drug-likeness (QED) is 0.466. The molecule has 1 aliphatic heterocycles. The largest absolute Gasteiger partial charge is 0.478 e. The molecule has 0 aliphatic carbocycles. The predicted octanol–water partition coefficient (Wildman–Crippen LogP) is 2.65. The van der Waals surface area contributed by atoms with Crippen LogP contribution in [0.2, 0.25) is 0 Å². The Kier molecular flexibility index (Phi) is 11.5. The fraction of sp³-hybridized carbons (Fsp3) is 0.429. The highest BCUT2D eigenvalue weighted by molar-refractivity contribution is 5.86. The fourth-order valence-electron chi connectivity index (χ4n) is 0.723. The van der Waals surface area contributed by atoms with E-state index in [9.17, 15) is 9.59 Å². The normalized spacial score (nSPS) is 17.3. The van der Waals surface area contributed by atoms with Gasteiger partial charge in [-0.2, -0.15) is 0 Å². The highest BCUT2D eigenvalue weighted by Crippen LogP contribution is 2.14. The number of carboxylic acids is 2. The minimum atomic E-state index is -0.847. The van der Waals surface area contributed by atoms with Crippen molar-refractivity contribution >= 4 is 11.9 Å². The monoisotopic (exact) mass is 270 g/mol. The molecule has 1 saturated heterocycles. The summed E-state index contributed by atoms with van der Waals surface area (Å²) in [6, 6.07) is 0. The smallest absolute Gasteiger partial charge is 0.330 e. The Morgan fingerprint density at radius 3 is 1.84 bits per heavy atom. The maximum absolute atomic E-state index is 10.2. The van der Waals surface area contributed by atoms with Gasteiger partial charge in [0.2, 0.25) is 0 Å². The lowest BCUT2D eigenvalue weighted by molar-refractivity contribution is -0.133. The molecule has 5 heteroatoms. The molecule has 0 aromatic rings. The van der Waals surface area contributed by atoms with E-state index in [4.69, 9.17) is 14.9 Å². The molecule has 1 rings (SSSR count). The minimum Gasteiger partial charge on any atom is -0.478 e. The van der Waals surface area contributed by atoms with E-state index in [0.717, 1.165) is 13.0 Å². The van der Waals surface area contributed by atoms with E-state index >= 15 is 0 Å². The van der Waals surface area contributed by atoms with Gasteiger partial charge < -0.3 is 14.9 Å². The van der Waals surface area contributed by atoms with Crippen LogP contribution >= 0.6 is 0 Å². The van der Waals surface area contributed by atoms with Crippen molar-refractivity contribution in [3.05, 3.63) is 36.5 Å². The molecule has 2 N–H and O–H groups in total. The summed E-state index contributed by atoms with van der Waals surface area (Å²) >= 11 is 0. The second-order valence-electron chi connectivity index (χ2n) is 3.66. The Balaban J connectivity index is 0. The molecule has 0 spiro atoms. The van der Waals surface area contributed by atoms with Gasteiger partial charge in [0.25, 0.3) is 0 Å². The lowest BCUT2D eigenvalue weighted by Crippen LogP contribution is -1.96. The van der Waals surface area contributed by atoms with E-state index < -0.39 is 11.9 Å². The van der Waals surface area contributed by atoms with Gasteiger partial charge in [0, 0.05) is 11.1 Å². The molecule has 0 radical (unpaired) electrons. The van der Waals surface area contributed by atoms with Gasteiger partial charge in [-0.3, -0.25) is 0 Å². The van der Waals surface area contributed by atoms with Gasteiger partial charge in [-0.05, 0) is 27.2 Å². The zero-order chi connectivity index (χ0) is 15.4. The number of carboxylic acid groups (broad SMARTS) is 2. The predicted molar refractivity (Wildman–Crippen MR) is 74.1 cm³/mol. The van der Waals surface area contributed by atoms with E-state index in [-0.39, 0.29) is 6.10 Å². The number of carbonyl (C=O) groups is 2. The van der Waals surface area contributed by atoms with Crippen LogP contribution in [0.5, 0.6) is 0 Å². The van der Waals surface area contributed by atoms with Crippen LogP contribution in [0.25, 0.3) is 0 Å². The fourth-order valence-corrected chi connectivity index (χ4v) is 0.723. The summed E-state index contributed by atoms with van der Waals surface area (Å²) in [4.78, 5) is 20.1. The number of allylic oxidation sites excluding steroid dienone is 1. The summed E-state index contributed by atoms with van der Waals surface area (Å²) < 4.78 is 4.90. The van der Waals surface area contributed by atoms with E-state index in [1.165, 1.54) is 0 Å². The van der Waals surface area contributed by atoms with Crippen LogP contribution in [0.4, 0.5) is 0 Å². The first-order valence-electron chi connectivity index (χ1n) is 5.76. The lowest BCUT2D eigenvalue weighted by atomic mass is 10.2. The number of hydrogen-bond acceptors (Lipinski definition) is 3. The maximum Gasteiger partial charge on any atom is 0.330 e. The SMILES string of the molecule is C=C.CC(=CCC1CO1)C(=O)O.CC=C(C)C(=O)O. The van der Waals surface area contributed by atoms with Crippen LogP contribution in [-0.4, -0.2) is 34.9 Å². The molecule has 1 aliphatic rings. The van der Waals surface area contributed by atoms with Crippen LogP contribution in [0.1, 0.15) is 27.2 Å². The summed E-state index contributed by atoms with van der Waals surface area (Å²) in [6.45, 7) is 11.6. The van der Waals surface area contributed by atoms with Crippen molar-refractivity contribution in [3.63, 3.8) is 0 Å². The van der Waals surface area contributed by atoms with Crippen molar-refractivity contribution in [1.29, 1.82) is 0 Å². The van der Waals surface area contributed by atoms with Gasteiger partial charge in [0.15, 0.2) is 0 Å². The van der Waals surface area contributed by atoms with Gasteiger partial charge in [0.1, 0.15) is 0 Å². The third kappa shape index (κ3) is 12.4. The average Bonchev–Trinajstić information content (AvgIpc) is 3.21. The number of ether oxygens (including phenoxy) is 1. The van der Waals surface area contributed by atoms with Crippen molar-refractivity contribution in [2.75, 3.05) is 6.61 Å². The second kappa shape index (κ2) is 11.2. The van der Waals surface area contributed by atoms with Crippen LogP contribution in [0, 0.1) is 0 Å². The summed E-state index contributed by atoms with van der Waals surface area (Å²) in [5.74, 6) is -1.69. The Morgan fingerprint density at radius 1 is 1.21 bits per heavy atom.